The summed E-state index contributed by atoms with van der Waals surface area (Å²) in [6.07, 6.45) is 10.3. The SMILES string of the molecule is CCC1(CC)C(c2ccnc3cnc4[nH]ccc4c23)CCCN1S(C)(=O)=O. The van der Waals surface area contributed by atoms with E-state index >= 15 is 0 Å². The molecule has 27 heavy (non-hydrogen) atoms. The van der Waals surface area contributed by atoms with Gasteiger partial charge in [-0.1, -0.05) is 13.8 Å². The fourth-order valence-electron chi connectivity index (χ4n) is 5.11. The highest BCUT2D eigenvalue weighted by molar-refractivity contribution is 7.88. The molecule has 1 atom stereocenters. The van der Waals surface area contributed by atoms with Gasteiger partial charge in [0.25, 0.3) is 0 Å². The maximum Gasteiger partial charge on any atom is 0.211 e. The number of rotatable bonds is 4. The van der Waals surface area contributed by atoms with Crippen molar-refractivity contribution in [2.24, 2.45) is 0 Å². The van der Waals surface area contributed by atoms with E-state index in [1.54, 1.807) is 10.5 Å². The van der Waals surface area contributed by atoms with Gasteiger partial charge in [0, 0.05) is 41.2 Å². The largest absolute Gasteiger partial charge is 0.346 e. The molecule has 1 N–H and O–H groups in total. The van der Waals surface area contributed by atoms with Crippen molar-refractivity contribution < 1.29 is 8.42 Å². The van der Waals surface area contributed by atoms with Gasteiger partial charge in [-0.15, -0.1) is 0 Å². The van der Waals surface area contributed by atoms with Crippen LogP contribution < -0.4 is 0 Å². The number of pyridine rings is 2. The van der Waals surface area contributed by atoms with E-state index < -0.39 is 15.6 Å². The highest BCUT2D eigenvalue weighted by Gasteiger charge is 2.48. The zero-order valence-electron chi connectivity index (χ0n) is 16.1. The lowest BCUT2D eigenvalue weighted by Crippen LogP contribution is -2.57. The quantitative estimate of drug-likeness (QED) is 0.739. The molecule has 144 valence electrons. The predicted molar refractivity (Wildman–Crippen MR) is 108 cm³/mol. The van der Waals surface area contributed by atoms with Crippen LogP contribution in [-0.4, -0.2) is 46.0 Å². The Morgan fingerprint density at radius 1 is 1.26 bits per heavy atom. The van der Waals surface area contributed by atoms with Gasteiger partial charge in [-0.2, -0.15) is 4.31 Å². The van der Waals surface area contributed by atoms with Crippen LogP contribution in [0.2, 0.25) is 0 Å². The molecular weight excluding hydrogens is 360 g/mol. The second-order valence-electron chi connectivity index (χ2n) is 7.50. The maximum absolute atomic E-state index is 12.6. The molecule has 0 spiro atoms. The van der Waals surface area contributed by atoms with Gasteiger partial charge >= 0.3 is 0 Å². The average molecular weight is 387 g/mol. The monoisotopic (exact) mass is 386 g/mol. The van der Waals surface area contributed by atoms with Crippen LogP contribution >= 0.6 is 0 Å². The van der Waals surface area contributed by atoms with Gasteiger partial charge in [-0.3, -0.25) is 4.98 Å². The van der Waals surface area contributed by atoms with Crippen LogP contribution in [0.25, 0.3) is 21.9 Å². The van der Waals surface area contributed by atoms with Gasteiger partial charge in [-0.05, 0) is 43.4 Å². The van der Waals surface area contributed by atoms with Crippen LogP contribution in [0, 0.1) is 0 Å². The minimum atomic E-state index is -3.28. The van der Waals surface area contributed by atoms with Crippen molar-refractivity contribution in [1.29, 1.82) is 0 Å². The number of hydrogen-bond donors (Lipinski definition) is 1. The van der Waals surface area contributed by atoms with Crippen molar-refractivity contribution in [3.8, 4) is 0 Å². The van der Waals surface area contributed by atoms with E-state index in [1.165, 1.54) is 11.8 Å². The number of aromatic amines is 1. The summed E-state index contributed by atoms with van der Waals surface area (Å²) in [5, 5.41) is 2.14. The van der Waals surface area contributed by atoms with Crippen LogP contribution in [0.15, 0.2) is 30.7 Å². The summed E-state index contributed by atoms with van der Waals surface area (Å²) >= 11 is 0. The zero-order chi connectivity index (χ0) is 19.2. The molecule has 0 aromatic carbocycles. The standard InChI is InChI=1S/C20H26N4O2S/c1-4-20(5-2)16(7-6-12-24(20)27(3,25)26)14-8-10-21-17-13-23-19-15(18(14)17)9-11-22-19/h8-11,13,16H,4-7,12H2,1-3H3,(H,22,23). The number of sulfonamides is 1. The highest BCUT2D eigenvalue weighted by atomic mass is 32.2. The smallest absolute Gasteiger partial charge is 0.211 e. The highest BCUT2D eigenvalue weighted by Crippen LogP contribution is 2.48. The molecule has 6 nitrogen and oxygen atoms in total. The summed E-state index contributed by atoms with van der Waals surface area (Å²) < 4.78 is 27.0. The van der Waals surface area contributed by atoms with Gasteiger partial charge in [0.05, 0.1) is 18.0 Å². The van der Waals surface area contributed by atoms with Crippen LogP contribution in [-0.2, 0) is 10.0 Å². The fourth-order valence-corrected chi connectivity index (χ4v) is 6.62. The second-order valence-corrected chi connectivity index (χ2v) is 9.41. The Balaban J connectivity index is 2.00. The summed E-state index contributed by atoms with van der Waals surface area (Å²) in [5.41, 5.74) is 2.47. The van der Waals surface area contributed by atoms with E-state index in [0.29, 0.717) is 6.54 Å². The van der Waals surface area contributed by atoms with Crippen LogP contribution in [0.5, 0.6) is 0 Å². The Morgan fingerprint density at radius 3 is 2.74 bits per heavy atom. The number of fused-ring (bicyclic) bond motifs is 3. The van der Waals surface area contributed by atoms with E-state index in [2.05, 4.69) is 34.9 Å². The van der Waals surface area contributed by atoms with Crippen LogP contribution in [0.3, 0.4) is 0 Å². The first-order valence-electron chi connectivity index (χ1n) is 9.61. The van der Waals surface area contributed by atoms with E-state index in [-0.39, 0.29) is 5.92 Å². The molecule has 3 aromatic rings. The number of nitrogens with zero attached hydrogens (tertiary/aromatic N) is 3. The topological polar surface area (TPSA) is 79.0 Å². The van der Waals surface area contributed by atoms with Gasteiger partial charge in [0.15, 0.2) is 0 Å². The summed E-state index contributed by atoms with van der Waals surface area (Å²) in [5.74, 6) is 0.127. The Morgan fingerprint density at radius 2 is 2.04 bits per heavy atom. The minimum absolute atomic E-state index is 0.127. The first-order chi connectivity index (χ1) is 12.9. The fraction of sp³-hybridized carbons (Fsp3) is 0.500. The van der Waals surface area contributed by atoms with Crippen LogP contribution in [0.1, 0.15) is 51.0 Å². The molecule has 4 rings (SSSR count). The Bertz CT molecular complexity index is 1090. The minimum Gasteiger partial charge on any atom is -0.346 e. The number of aromatic nitrogens is 3. The van der Waals surface area contributed by atoms with E-state index in [4.69, 9.17) is 0 Å². The molecular formula is C20H26N4O2S. The third-order valence-electron chi connectivity index (χ3n) is 6.32. The molecule has 7 heteroatoms. The van der Waals surface area contributed by atoms with Crippen LogP contribution in [0.4, 0.5) is 0 Å². The maximum atomic E-state index is 12.6. The van der Waals surface area contributed by atoms with Crippen molar-refractivity contribution in [3.05, 3.63) is 36.3 Å². The molecule has 0 bridgehead atoms. The zero-order valence-corrected chi connectivity index (χ0v) is 16.9. The third kappa shape index (κ3) is 2.75. The van der Waals surface area contributed by atoms with Crippen molar-refractivity contribution in [2.45, 2.75) is 51.0 Å². The van der Waals surface area contributed by atoms with Gasteiger partial charge in [-0.25, -0.2) is 13.4 Å². The molecule has 1 aliphatic rings. The average Bonchev–Trinajstić information content (AvgIpc) is 3.15. The van der Waals surface area contributed by atoms with E-state index in [0.717, 1.165) is 47.6 Å². The molecule has 3 aromatic heterocycles. The summed E-state index contributed by atoms with van der Waals surface area (Å²) in [6.45, 7) is 4.81. The molecule has 0 aliphatic carbocycles. The molecule has 1 unspecified atom stereocenters. The molecule has 0 radical (unpaired) electrons. The van der Waals surface area contributed by atoms with Gasteiger partial charge < -0.3 is 4.98 Å². The lowest BCUT2D eigenvalue weighted by Gasteiger charge is -2.50. The van der Waals surface area contributed by atoms with Crippen molar-refractivity contribution in [2.75, 3.05) is 12.8 Å². The van der Waals surface area contributed by atoms with E-state index in [9.17, 15) is 8.42 Å². The number of piperidine rings is 1. The molecule has 1 saturated heterocycles. The molecule has 0 amide bonds. The number of nitrogens with one attached hydrogen (secondary N) is 1. The first kappa shape index (κ1) is 18.4. The Kier molecular flexibility index (Phi) is 4.47. The van der Waals surface area contributed by atoms with Crippen molar-refractivity contribution in [3.63, 3.8) is 0 Å². The molecule has 1 fully saturated rings. The molecule has 4 heterocycles. The Hall–Kier alpha value is -1.99. The van der Waals surface area contributed by atoms with Gasteiger partial charge in [0.1, 0.15) is 5.65 Å². The predicted octanol–water partition coefficient (Wildman–Crippen LogP) is 3.81. The number of H-pyrrole nitrogens is 1. The third-order valence-corrected chi connectivity index (χ3v) is 7.67. The van der Waals surface area contributed by atoms with Crippen molar-refractivity contribution >= 4 is 32.0 Å². The lowest BCUT2D eigenvalue weighted by atomic mass is 9.70. The van der Waals surface area contributed by atoms with Gasteiger partial charge in [0.2, 0.25) is 10.0 Å². The molecule has 0 saturated carbocycles. The lowest BCUT2D eigenvalue weighted by molar-refractivity contribution is 0.0942. The summed E-state index contributed by atoms with van der Waals surface area (Å²) in [6, 6.07) is 4.11. The second kappa shape index (κ2) is 6.56. The number of hydrogen-bond acceptors (Lipinski definition) is 4. The van der Waals surface area contributed by atoms with Crippen molar-refractivity contribution in [1.82, 2.24) is 19.3 Å². The Labute approximate surface area is 160 Å². The first-order valence-corrected chi connectivity index (χ1v) is 11.5. The summed E-state index contributed by atoms with van der Waals surface area (Å²) in [7, 11) is -3.28. The normalized spacial score (nSPS) is 21.1. The van der Waals surface area contributed by atoms with E-state index in [1.807, 2.05) is 18.5 Å². The summed E-state index contributed by atoms with van der Waals surface area (Å²) in [4.78, 5) is 12.2. The molecule has 1 aliphatic heterocycles.